The summed E-state index contributed by atoms with van der Waals surface area (Å²) >= 11 is 0. The number of aromatic nitrogens is 1. The molecule has 0 fully saturated rings. The van der Waals surface area contributed by atoms with Crippen molar-refractivity contribution in [3.63, 3.8) is 0 Å². The quantitative estimate of drug-likeness (QED) is 0.763. The maximum absolute atomic E-state index is 12.5. The van der Waals surface area contributed by atoms with E-state index in [9.17, 15) is 18.0 Å². The van der Waals surface area contributed by atoms with Crippen molar-refractivity contribution in [3.8, 4) is 11.1 Å². The molecule has 0 aliphatic carbocycles. The van der Waals surface area contributed by atoms with Gasteiger partial charge in [0.25, 0.3) is 0 Å². The number of hydrogen-bond acceptors (Lipinski definition) is 2. The summed E-state index contributed by atoms with van der Waals surface area (Å²) < 4.78 is 37.5. The number of halogens is 3. The predicted molar refractivity (Wildman–Crippen MR) is 60.1 cm³/mol. The van der Waals surface area contributed by atoms with Gasteiger partial charge in [0.05, 0.1) is 5.56 Å². The molecule has 1 aromatic heterocycles. The van der Waals surface area contributed by atoms with Gasteiger partial charge in [0.2, 0.25) is 0 Å². The van der Waals surface area contributed by atoms with Crippen LogP contribution >= 0.6 is 0 Å². The van der Waals surface area contributed by atoms with Crippen LogP contribution in [0.3, 0.4) is 0 Å². The number of alkyl halides is 3. The molecule has 2 nitrogen and oxygen atoms in total. The molecule has 0 atom stereocenters. The van der Waals surface area contributed by atoms with Gasteiger partial charge >= 0.3 is 6.18 Å². The second kappa shape index (κ2) is 4.60. The molecule has 0 bridgehead atoms. The summed E-state index contributed by atoms with van der Waals surface area (Å²) in [6.07, 6.45) is -1.60. The Morgan fingerprint density at radius 2 is 1.67 bits per heavy atom. The van der Waals surface area contributed by atoms with Gasteiger partial charge in [-0.15, -0.1) is 0 Å². The third-order valence-electron chi connectivity index (χ3n) is 2.45. The molecular weight excluding hydrogens is 243 g/mol. The van der Waals surface area contributed by atoms with Gasteiger partial charge in [0, 0.05) is 23.5 Å². The van der Waals surface area contributed by atoms with Gasteiger partial charge in [0.1, 0.15) is 6.29 Å². The zero-order valence-corrected chi connectivity index (χ0v) is 9.11. The third-order valence-corrected chi connectivity index (χ3v) is 2.45. The molecule has 92 valence electrons. The highest BCUT2D eigenvalue weighted by Crippen LogP contribution is 2.31. The van der Waals surface area contributed by atoms with Crippen LogP contribution in [-0.2, 0) is 6.18 Å². The van der Waals surface area contributed by atoms with E-state index in [-0.39, 0.29) is 0 Å². The van der Waals surface area contributed by atoms with Gasteiger partial charge < -0.3 is 0 Å². The fourth-order valence-corrected chi connectivity index (χ4v) is 1.51. The van der Waals surface area contributed by atoms with Crippen LogP contribution in [0.4, 0.5) is 13.2 Å². The summed E-state index contributed by atoms with van der Waals surface area (Å²) in [4.78, 5) is 14.1. The van der Waals surface area contributed by atoms with E-state index in [0.717, 1.165) is 12.3 Å². The summed E-state index contributed by atoms with van der Waals surface area (Å²) in [6.45, 7) is 0. The monoisotopic (exact) mass is 251 g/mol. The first-order chi connectivity index (χ1) is 8.50. The van der Waals surface area contributed by atoms with Crippen LogP contribution in [0.5, 0.6) is 0 Å². The van der Waals surface area contributed by atoms with E-state index in [4.69, 9.17) is 0 Å². The summed E-state index contributed by atoms with van der Waals surface area (Å²) in [5.41, 5.74) is 0.625. The topological polar surface area (TPSA) is 30.0 Å². The number of carbonyl (C=O) groups is 1. The van der Waals surface area contributed by atoms with Crippen molar-refractivity contribution in [1.82, 2.24) is 4.98 Å². The van der Waals surface area contributed by atoms with Crippen molar-refractivity contribution < 1.29 is 18.0 Å². The summed E-state index contributed by atoms with van der Waals surface area (Å²) in [5, 5.41) is 0. The SMILES string of the molecule is O=Cc1ccc(-c2cncc(C(F)(F)F)c2)cc1. The lowest BCUT2D eigenvalue weighted by atomic mass is 10.0. The highest BCUT2D eigenvalue weighted by molar-refractivity contribution is 5.76. The largest absolute Gasteiger partial charge is 0.417 e. The minimum absolute atomic E-state index is 0.363. The molecule has 2 aromatic rings. The van der Waals surface area contributed by atoms with Crippen LogP contribution in [0.1, 0.15) is 15.9 Å². The molecular formula is C13H8F3NO. The Hall–Kier alpha value is -2.17. The van der Waals surface area contributed by atoms with Crippen LogP contribution in [0.15, 0.2) is 42.7 Å². The van der Waals surface area contributed by atoms with Crippen LogP contribution in [-0.4, -0.2) is 11.3 Å². The normalized spacial score (nSPS) is 11.3. The maximum Gasteiger partial charge on any atom is 0.417 e. The van der Waals surface area contributed by atoms with Crippen molar-refractivity contribution in [2.24, 2.45) is 0 Å². The van der Waals surface area contributed by atoms with Gasteiger partial charge in [0.15, 0.2) is 0 Å². The van der Waals surface area contributed by atoms with Crippen LogP contribution in [0.25, 0.3) is 11.1 Å². The first-order valence-electron chi connectivity index (χ1n) is 5.08. The van der Waals surface area contributed by atoms with E-state index in [1.54, 1.807) is 24.3 Å². The van der Waals surface area contributed by atoms with E-state index in [2.05, 4.69) is 4.98 Å². The van der Waals surface area contributed by atoms with E-state index in [0.29, 0.717) is 23.0 Å². The fraction of sp³-hybridized carbons (Fsp3) is 0.0769. The van der Waals surface area contributed by atoms with Crippen molar-refractivity contribution in [1.29, 1.82) is 0 Å². The molecule has 0 unspecified atom stereocenters. The molecule has 1 aromatic carbocycles. The number of pyridine rings is 1. The Bertz CT molecular complexity index is 561. The maximum atomic E-state index is 12.5. The van der Waals surface area contributed by atoms with Gasteiger partial charge in [-0.1, -0.05) is 24.3 Å². The molecule has 0 radical (unpaired) electrons. The number of carbonyl (C=O) groups excluding carboxylic acids is 1. The lowest BCUT2D eigenvalue weighted by Gasteiger charge is -2.08. The minimum atomic E-state index is -4.41. The molecule has 0 saturated carbocycles. The van der Waals surface area contributed by atoms with E-state index in [1.807, 2.05) is 0 Å². The van der Waals surface area contributed by atoms with Crippen molar-refractivity contribution in [3.05, 3.63) is 53.9 Å². The smallest absolute Gasteiger partial charge is 0.298 e. The summed E-state index contributed by atoms with van der Waals surface area (Å²) in [7, 11) is 0. The summed E-state index contributed by atoms with van der Waals surface area (Å²) in [6, 6.07) is 7.29. The first-order valence-corrected chi connectivity index (χ1v) is 5.08. The van der Waals surface area contributed by atoms with Crippen molar-refractivity contribution in [2.75, 3.05) is 0 Å². The minimum Gasteiger partial charge on any atom is -0.298 e. The van der Waals surface area contributed by atoms with Gasteiger partial charge in [-0.25, -0.2) is 0 Å². The highest BCUT2D eigenvalue weighted by Gasteiger charge is 2.31. The van der Waals surface area contributed by atoms with Crippen LogP contribution in [0.2, 0.25) is 0 Å². The Balaban J connectivity index is 2.41. The van der Waals surface area contributed by atoms with E-state index < -0.39 is 11.7 Å². The molecule has 2 rings (SSSR count). The molecule has 0 aliphatic heterocycles. The molecule has 0 amide bonds. The third kappa shape index (κ3) is 2.56. The molecule has 0 aliphatic rings. The zero-order chi connectivity index (χ0) is 13.2. The highest BCUT2D eigenvalue weighted by atomic mass is 19.4. The second-order valence-corrected chi connectivity index (χ2v) is 3.70. The number of aldehydes is 1. The van der Waals surface area contributed by atoms with E-state index in [1.165, 1.54) is 6.20 Å². The van der Waals surface area contributed by atoms with Crippen LogP contribution in [0, 0.1) is 0 Å². The van der Waals surface area contributed by atoms with Gasteiger partial charge in [-0.05, 0) is 11.6 Å². The van der Waals surface area contributed by atoms with Gasteiger partial charge in [-0.3, -0.25) is 9.78 Å². The molecule has 0 saturated heterocycles. The molecule has 0 spiro atoms. The first kappa shape index (κ1) is 12.3. The molecule has 18 heavy (non-hydrogen) atoms. The van der Waals surface area contributed by atoms with Crippen molar-refractivity contribution >= 4 is 6.29 Å². The Kier molecular flexibility index (Phi) is 3.14. The average molecular weight is 251 g/mol. The number of hydrogen-bond donors (Lipinski definition) is 0. The zero-order valence-electron chi connectivity index (χ0n) is 9.11. The lowest BCUT2D eigenvalue weighted by molar-refractivity contribution is -0.137. The number of benzene rings is 1. The Morgan fingerprint density at radius 3 is 2.22 bits per heavy atom. The van der Waals surface area contributed by atoms with E-state index >= 15 is 0 Å². The fourth-order valence-electron chi connectivity index (χ4n) is 1.51. The van der Waals surface area contributed by atoms with Crippen LogP contribution < -0.4 is 0 Å². The lowest BCUT2D eigenvalue weighted by Crippen LogP contribution is -2.05. The predicted octanol–water partition coefficient (Wildman–Crippen LogP) is 3.58. The number of rotatable bonds is 2. The standard InChI is InChI=1S/C13H8F3NO/c14-13(15,16)12-5-11(6-17-7-12)10-3-1-9(8-18)2-4-10/h1-8H. The molecule has 5 heteroatoms. The van der Waals surface area contributed by atoms with Crippen molar-refractivity contribution in [2.45, 2.75) is 6.18 Å². The Morgan fingerprint density at radius 1 is 1.00 bits per heavy atom. The number of nitrogens with zero attached hydrogens (tertiary/aromatic N) is 1. The second-order valence-electron chi connectivity index (χ2n) is 3.70. The average Bonchev–Trinajstić information content (AvgIpc) is 2.38. The Labute approximate surface area is 101 Å². The molecule has 1 heterocycles. The van der Waals surface area contributed by atoms with Gasteiger partial charge in [-0.2, -0.15) is 13.2 Å². The summed E-state index contributed by atoms with van der Waals surface area (Å²) in [5.74, 6) is 0. The molecule has 0 N–H and O–H groups in total.